The molecule has 1 aliphatic rings. The summed E-state index contributed by atoms with van der Waals surface area (Å²) < 4.78 is 18.5. The molecule has 4 heteroatoms. The largest absolute Gasteiger partial charge is 0.484 e. The van der Waals surface area contributed by atoms with Crippen LogP contribution in [0.1, 0.15) is 32.1 Å². The molecule has 0 atom stereocenters. The highest BCUT2D eigenvalue weighted by atomic mass is 19.1. The van der Waals surface area contributed by atoms with Gasteiger partial charge in [-0.3, -0.25) is 4.79 Å². The van der Waals surface area contributed by atoms with E-state index >= 15 is 0 Å². The van der Waals surface area contributed by atoms with Crippen LogP contribution in [0.5, 0.6) is 5.75 Å². The first kappa shape index (κ1) is 16.5. The predicted molar refractivity (Wildman–Crippen MR) is 92.7 cm³/mol. The number of halogens is 1. The maximum Gasteiger partial charge on any atom is 0.265 e. The van der Waals surface area contributed by atoms with Crippen LogP contribution in [0.25, 0.3) is 0 Å². The molecule has 1 saturated carbocycles. The molecule has 2 aromatic carbocycles. The highest BCUT2D eigenvalue weighted by Crippen LogP contribution is 2.27. The molecule has 0 bridgehead atoms. The van der Waals surface area contributed by atoms with Crippen molar-refractivity contribution in [2.24, 2.45) is 0 Å². The molecule has 0 aliphatic heterocycles. The first-order chi connectivity index (χ1) is 11.7. The monoisotopic (exact) mass is 327 g/mol. The third-order valence-electron chi connectivity index (χ3n) is 4.42. The fraction of sp³-hybridized carbons (Fsp3) is 0.350. The Balaban J connectivity index is 1.72. The molecule has 0 aromatic heterocycles. The van der Waals surface area contributed by atoms with Crippen molar-refractivity contribution in [1.82, 2.24) is 0 Å². The second-order valence-corrected chi connectivity index (χ2v) is 6.13. The number of nitrogens with zero attached hydrogens (tertiary/aromatic N) is 1. The number of hydrogen-bond donors (Lipinski definition) is 0. The van der Waals surface area contributed by atoms with Crippen molar-refractivity contribution >= 4 is 11.6 Å². The molecular formula is C20H22FNO2. The van der Waals surface area contributed by atoms with Crippen LogP contribution >= 0.6 is 0 Å². The SMILES string of the molecule is O=C(COc1ccc(F)cc1)N(c1ccccc1)C1CCCCC1. The lowest BCUT2D eigenvalue weighted by Crippen LogP contribution is -2.44. The van der Waals surface area contributed by atoms with Gasteiger partial charge in [0, 0.05) is 11.7 Å². The lowest BCUT2D eigenvalue weighted by atomic mass is 9.93. The Kier molecular flexibility index (Phi) is 5.47. The molecule has 0 saturated heterocycles. The summed E-state index contributed by atoms with van der Waals surface area (Å²) in [5.41, 5.74) is 0.914. The molecule has 1 fully saturated rings. The van der Waals surface area contributed by atoms with Crippen molar-refractivity contribution < 1.29 is 13.9 Å². The van der Waals surface area contributed by atoms with Gasteiger partial charge >= 0.3 is 0 Å². The summed E-state index contributed by atoms with van der Waals surface area (Å²) in [5, 5.41) is 0. The highest BCUT2D eigenvalue weighted by molar-refractivity contribution is 5.95. The second-order valence-electron chi connectivity index (χ2n) is 6.13. The first-order valence-electron chi connectivity index (χ1n) is 8.49. The van der Waals surface area contributed by atoms with Gasteiger partial charge in [0.1, 0.15) is 11.6 Å². The Morgan fingerprint density at radius 1 is 1.00 bits per heavy atom. The Morgan fingerprint density at radius 3 is 2.33 bits per heavy atom. The van der Waals surface area contributed by atoms with Gasteiger partial charge in [-0.15, -0.1) is 0 Å². The van der Waals surface area contributed by atoms with E-state index in [1.165, 1.54) is 30.7 Å². The van der Waals surface area contributed by atoms with E-state index in [2.05, 4.69) is 0 Å². The second kappa shape index (κ2) is 7.95. The van der Waals surface area contributed by atoms with Gasteiger partial charge in [-0.1, -0.05) is 37.5 Å². The van der Waals surface area contributed by atoms with Gasteiger partial charge in [-0.05, 0) is 49.2 Å². The van der Waals surface area contributed by atoms with Gasteiger partial charge in [-0.25, -0.2) is 4.39 Å². The van der Waals surface area contributed by atoms with E-state index in [-0.39, 0.29) is 24.4 Å². The summed E-state index contributed by atoms with van der Waals surface area (Å²) in [6, 6.07) is 15.7. The molecule has 2 aromatic rings. The smallest absolute Gasteiger partial charge is 0.265 e. The predicted octanol–water partition coefficient (Wildman–Crippen LogP) is 4.57. The zero-order chi connectivity index (χ0) is 16.8. The van der Waals surface area contributed by atoms with Crippen molar-refractivity contribution in [1.29, 1.82) is 0 Å². The van der Waals surface area contributed by atoms with E-state index in [1.54, 1.807) is 0 Å². The van der Waals surface area contributed by atoms with Crippen LogP contribution in [-0.2, 0) is 4.79 Å². The third-order valence-corrected chi connectivity index (χ3v) is 4.42. The molecule has 1 amide bonds. The Hall–Kier alpha value is -2.36. The average molecular weight is 327 g/mol. The van der Waals surface area contributed by atoms with Crippen molar-refractivity contribution in [3.8, 4) is 5.75 Å². The van der Waals surface area contributed by atoms with E-state index in [0.717, 1.165) is 31.4 Å². The number of anilines is 1. The lowest BCUT2D eigenvalue weighted by Gasteiger charge is -2.34. The number of benzene rings is 2. The molecule has 24 heavy (non-hydrogen) atoms. The molecule has 0 unspecified atom stereocenters. The number of amides is 1. The molecule has 0 radical (unpaired) electrons. The van der Waals surface area contributed by atoms with Crippen LogP contribution in [0, 0.1) is 5.82 Å². The van der Waals surface area contributed by atoms with Crippen molar-refractivity contribution in [3.05, 3.63) is 60.4 Å². The van der Waals surface area contributed by atoms with E-state index in [0.29, 0.717) is 5.75 Å². The normalized spacial score (nSPS) is 15.0. The van der Waals surface area contributed by atoms with Gasteiger partial charge in [0.05, 0.1) is 0 Å². The summed E-state index contributed by atoms with van der Waals surface area (Å²) in [6.07, 6.45) is 5.59. The summed E-state index contributed by atoms with van der Waals surface area (Å²) in [4.78, 5) is 14.7. The van der Waals surface area contributed by atoms with Gasteiger partial charge in [0.25, 0.3) is 5.91 Å². The van der Waals surface area contributed by atoms with Crippen LogP contribution in [0.4, 0.5) is 10.1 Å². The standard InChI is InChI=1S/C20H22FNO2/c21-16-11-13-19(14-12-16)24-15-20(23)22(17-7-3-1-4-8-17)18-9-5-2-6-10-18/h1,3-4,7-8,11-14,18H,2,5-6,9-10,15H2. The molecule has 126 valence electrons. The van der Waals surface area contributed by atoms with Crippen LogP contribution in [-0.4, -0.2) is 18.6 Å². The summed E-state index contributed by atoms with van der Waals surface area (Å²) in [5.74, 6) is 0.126. The minimum Gasteiger partial charge on any atom is -0.484 e. The quantitative estimate of drug-likeness (QED) is 0.805. The number of carbonyl (C=O) groups excluding carboxylic acids is 1. The summed E-state index contributed by atoms with van der Waals surface area (Å²) in [7, 11) is 0. The minimum atomic E-state index is -0.318. The van der Waals surface area contributed by atoms with E-state index < -0.39 is 0 Å². The van der Waals surface area contributed by atoms with Crippen molar-refractivity contribution in [2.75, 3.05) is 11.5 Å². The minimum absolute atomic E-state index is 0.0446. The average Bonchev–Trinajstić information content (AvgIpc) is 2.63. The number of para-hydroxylation sites is 1. The van der Waals surface area contributed by atoms with Gasteiger partial charge in [0.15, 0.2) is 6.61 Å². The van der Waals surface area contributed by atoms with Gasteiger partial charge in [-0.2, -0.15) is 0 Å². The number of carbonyl (C=O) groups is 1. The molecular weight excluding hydrogens is 305 g/mol. The molecule has 0 heterocycles. The highest BCUT2D eigenvalue weighted by Gasteiger charge is 2.27. The molecule has 0 spiro atoms. The molecule has 1 aliphatic carbocycles. The van der Waals surface area contributed by atoms with Gasteiger partial charge < -0.3 is 9.64 Å². The lowest BCUT2D eigenvalue weighted by molar-refractivity contribution is -0.121. The van der Waals surface area contributed by atoms with Crippen LogP contribution in [0.2, 0.25) is 0 Å². The Bertz CT molecular complexity index is 651. The van der Waals surface area contributed by atoms with Crippen molar-refractivity contribution in [2.45, 2.75) is 38.1 Å². The zero-order valence-electron chi connectivity index (χ0n) is 13.7. The summed E-state index contributed by atoms with van der Waals surface area (Å²) in [6.45, 7) is -0.0446. The third kappa shape index (κ3) is 4.13. The van der Waals surface area contributed by atoms with Crippen molar-refractivity contribution in [3.63, 3.8) is 0 Å². The maximum absolute atomic E-state index is 12.9. The topological polar surface area (TPSA) is 29.5 Å². The summed E-state index contributed by atoms with van der Waals surface area (Å²) >= 11 is 0. The van der Waals surface area contributed by atoms with Crippen LogP contribution in [0.15, 0.2) is 54.6 Å². The molecule has 0 N–H and O–H groups in total. The Labute approximate surface area is 142 Å². The van der Waals surface area contributed by atoms with Crippen LogP contribution < -0.4 is 9.64 Å². The van der Waals surface area contributed by atoms with Crippen LogP contribution in [0.3, 0.4) is 0 Å². The number of rotatable bonds is 5. The number of hydrogen-bond acceptors (Lipinski definition) is 2. The van der Waals surface area contributed by atoms with E-state index in [9.17, 15) is 9.18 Å². The Morgan fingerprint density at radius 2 is 1.67 bits per heavy atom. The molecule has 3 nitrogen and oxygen atoms in total. The zero-order valence-corrected chi connectivity index (χ0v) is 13.7. The van der Waals surface area contributed by atoms with E-state index in [1.807, 2.05) is 35.2 Å². The fourth-order valence-electron chi connectivity index (χ4n) is 3.23. The number of ether oxygens (including phenoxy) is 1. The maximum atomic E-state index is 12.9. The first-order valence-corrected chi connectivity index (χ1v) is 8.49. The van der Waals surface area contributed by atoms with E-state index in [4.69, 9.17) is 4.74 Å². The van der Waals surface area contributed by atoms with Gasteiger partial charge in [0.2, 0.25) is 0 Å². The fourth-order valence-corrected chi connectivity index (χ4v) is 3.23. The molecule has 3 rings (SSSR count).